The predicted octanol–water partition coefficient (Wildman–Crippen LogP) is 4.63. The summed E-state index contributed by atoms with van der Waals surface area (Å²) in [5.74, 6) is 1.70. The Labute approximate surface area is 180 Å². The number of rotatable bonds is 6. The molecule has 6 heteroatoms. The van der Waals surface area contributed by atoms with Crippen LogP contribution in [0.1, 0.15) is 18.1 Å². The molecule has 1 N–H and O–H groups in total. The zero-order chi connectivity index (χ0) is 21.8. The van der Waals surface area contributed by atoms with Crippen LogP contribution in [0.15, 0.2) is 83.5 Å². The SMILES string of the molecule is CCOc1ccc(C=C2N=C(c3ccccc3OC)N(c3ccc(O)cc3)C2=O)cc1. The van der Waals surface area contributed by atoms with E-state index in [1.54, 1.807) is 25.3 Å². The fourth-order valence-corrected chi connectivity index (χ4v) is 3.35. The molecule has 6 nitrogen and oxygen atoms in total. The summed E-state index contributed by atoms with van der Waals surface area (Å²) in [4.78, 5) is 19.6. The van der Waals surface area contributed by atoms with Crippen LogP contribution >= 0.6 is 0 Å². The monoisotopic (exact) mass is 414 g/mol. The number of aromatic hydroxyl groups is 1. The van der Waals surface area contributed by atoms with Gasteiger partial charge in [-0.2, -0.15) is 0 Å². The number of benzene rings is 3. The maximum atomic E-state index is 13.4. The third-order valence-electron chi connectivity index (χ3n) is 4.81. The smallest absolute Gasteiger partial charge is 0.282 e. The number of methoxy groups -OCH3 is 1. The van der Waals surface area contributed by atoms with E-state index in [4.69, 9.17) is 9.47 Å². The van der Waals surface area contributed by atoms with Gasteiger partial charge < -0.3 is 14.6 Å². The number of hydrogen-bond donors (Lipinski definition) is 1. The summed E-state index contributed by atoms with van der Waals surface area (Å²) in [6.07, 6.45) is 1.74. The Kier molecular flexibility index (Phi) is 5.71. The molecule has 4 rings (SSSR count). The van der Waals surface area contributed by atoms with E-state index in [-0.39, 0.29) is 11.7 Å². The van der Waals surface area contributed by atoms with Gasteiger partial charge in [-0.15, -0.1) is 0 Å². The van der Waals surface area contributed by atoms with E-state index < -0.39 is 0 Å². The number of aliphatic imine (C=N–C) groups is 1. The minimum Gasteiger partial charge on any atom is -0.508 e. The molecule has 3 aromatic carbocycles. The lowest BCUT2D eigenvalue weighted by atomic mass is 10.1. The van der Waals surface area contributed by atoms with Crippen molar-refractivity contribution >= 4 is 23.5 Å². The summed E-state index contributed by atoms with van der Waals surface area (Å²) in [6, 6.07) is 21.3. The van der Waals surface area contributed by atoms with Gasteiger partial charge in [0.2, 0.25) is 0 Å². The third-order valence-corrected chi connectivity index (χ3v) is 4.81. The molecule has 0 atom stereocenters. The molecule has 1 amide bonds. The van der Waals surface area contributed by atoms with Gasteiger partial charge in [0.25, 0.3) is 5.91 Å². The topological polar surface area (TPSA) is 71.4 Å². The van der Waals surface area contributed by atoms with Crippen LogP contribution in [0.5, 0.6) is 17.2 Å². The molecular formula is C25H22N2O4. The zero-order valence-corrected chi connectivity index (χ0v) is 17.3. The lowest BCUT2D eigenvalue weighted by Crippen LogP contribution is -2.32. The number of phenols is 1. The van der Waals surface area contributed by atoms with Crippen molar-refractivity contribution in [1.29, 1.82) is 0 Å². The van der Waals surface area contributed by atoms with Crippen LogP contribution in [0.25, 0.3) is 6.08 Å². The van der Waals surface area contributed by atoms with Crippen molar-refractivity contribution in [2.75, 3.05) is 18.6 Å². The van der Waals surface area contributed by atoms with Gasteiger partial charge in [0.1, 0.15) is 22.9 Å². The molecule has 0 aliphatic carbocycles. The average Bonchev–Trinajstić information content (AvgIpc) is 3.11. The molecule has 1 heterocycles. The number of nitrogens with zero attached hydrogens (tertiary/aromatic N) is 2. The normalized spacial score (nSPS) is 14.6. The van der Waals surface area contributed by atoms with Gasteiger partial charge in [-0.3, -0.25) is 9.69 Å². The van der Waals surface area contributed by atoms with Crippen molar-refractivity contribution in [3.63, 3.8) is 0 Å². The number of amides is 1. The molecule has 0 radical (unpaired) electrons. The Morgan fingerprint density at radius 2 is 1.71 bits per heavy atom. The number of hydrogen-bond acceptors (Lipinski definition) is 5. The van der Waals surface area contributed by atoms with Crippen molar-refractivity contribution in [3.05, 3.63) is 89.6 Å². The van der Waals surface area contributed by atoms with Crippen LogP contribution in [0, 0.1) is 0 Å². The van der Waals surface area contributed by atoms with Gasteiger partial charge >= 0.3 is 0 Å². The van der Waals surface area contributed by atoms with Gasteiger partial charge in [-0.25, -0.2) is 4.99 Å². The van der Waals surface area contributed by atoms with E-state index in [1.165, 1.54) is 17.0 Å². The lowest BCUT2D eigenvalue weighted by Gasteiger charge is -2.19. The molecule has 3 aromatic rings. The van der Waals surface area contributed by atoms with Crippen LogP contribution in [-0.2, 0) is 4.79 Å². The molecule has 156 valence electrons. The summed E-state index contributed by atoms with van der Waals surface area (Å²) >= 11 is 0. The van der Waals surface area contributed by atoms with Crippen LogP contribution in [-0.4, -0.2) is 30.6 Å². The number of ether oxygens (including phenoxy) is 2. The fourth-order valence-electron chi connectivity index (χ4n) is 3.35. The van der Waals surface area contributed by atoms with Gasteiger partial charge in [0.05, 0.1) is 25.0 Å². The Morgan fingerprint density at radius 1 is 1.00 bits per heavy atom. The summed E-state index contributed by atoms with van der Waals surface area (Å²) in [7, 11) is 1.58. The number of phenolic OH excluding ortho intramolecular Hbond substituents is 1. The summed E-state index contributed by atoms with van der Waals surface area (Å²) < 4.78 is 11.0. The van der Waals surface area contributed by atoms with Crippen molar-refractivity contribution in [1.82, 2.24) is 0 Å². The van der Waals surface area contributed by atoms with Crippen LogP contribution < -0.4 is 14.4 Å². The first-order chi connectivity index (χ1) is 15.1. The minimum atomic E-state index is -0.263. The molecule has 1 aliphatic rings. The standard InChI is InChI=1S/C25H22N2O4/c1-3-31-20-14-8-17(9-15-20)16-22-25(29)27(18-10-12-19(28)13-11-18)24(26-22)21-6-4-5-7-23(21)30-2/h4-16,28H,3H2,1-2H3. The molecule has 0 saturated carbocycles. The molecule has 0 unspecified atom stereocenters. The summed E-state index contributed by atoms with van der Waals surface area (Å²) in [6.45, 7) is 2.52. The Morgan fingerprint density at radius 3 is 2.39 bits per heavy atom. The first-order valence-corrected chi connectivity index (χ1v) is 9.91. The van der Waals surface area contributed by atoms with E-state index in [9.17, 15) is 9.90 Å². The van der Waals surface area contributed by atoms with Gasteiger partial charge in [0.15, 0.2) is 5.84 Å². The quantitative estimate of drug-likeness (QED) is 0.597. The Balaban J connectivity index is 1.79. The second kappa shape index (κ2) is 8.75. The molecule has 0 fully saturated rings. The zero-order valence-electron chi connectivity index (χ0n) is 17.3. The highest BCUT2D eigenvalue weighted by Gasteiger charge is 2.33. The molecule has 31 heavy (non-hydrogen) atoms. The third kappa shape index (κ3) is 4.14. The highest BCUT2D eigenvalue weighted by atomic mass is 16.5. The van der Waals surface area contributed by atoms with Crippen LogP contribution in [0.3, 0.4) is 0 Å². The number of para-hydroxylation sites is 1. The van der Waals surface area contributed by atoms with Crippen molar-refractivity contribution < 1.29 is 19.4 Å². The Bertz CT molecular complexity index is 1150. The second-order valence-electron chi connectivity index (χ2n) is 6.82. The number of amidine groups is 1. The van der Waals surface area contributed by atoms with Crippen molar-refractivity contribution in [3.8, 4) is 17.2 Å². The van der Waals surface area contributed by atoms with Crippen LogP contribution in [0.2, 0.25) is 0 Å². The maximum Gasteiger partial charge on any atom is 0.282 e. The molecule has 0 bridgehead atoms. The minimum absolute atomic E-state index is 0.122. The molecule has 1 aliphatic heterocycles. The van der Waals surface area contributed by atoms with E-state index in [2.05, 4.69) is 4.99 Å². The number of carbonyl (C=O) groups is 1. The summed E-state index contributed by atoms with van der Waals surface area (Å²) in [5.41, 5.74) is 2.43. The predicted molar refractivity (Wildman–Crippen MR) is 121 cm³/mol. The van der Waals surface area contributed by atoms with E-state index in [1.807, 2.05) is 55.5 Å². The number of anilines is 1. The second-order valence-corrected chi connectivity index (χ2v) is 6.82. The van der Waals surface area contributed by atoms with Crippen LogP contribution in [0.4, 0.5) is 5.69 Å². The average molecular weight is 414 g/mol. The number of carbonyl (C=O) groups excluding carboxylic acids is 1. The largest absolute Gasteiger partial charge is 0.508 e. The molecular weight excluding hydrogens is 392 g/mol. The highest BCUT2D eigenvalue weighted by molar-refractivity contribution is 6.33. The molecule has 0 aromatic heterocycles. The first-order valence-electron chi connectivity index (χ1n) is 9.91. The molecule has 0 spiro atoms. The highest BCUT2D eigenvalue weighted by Crippen LogP contribution is 2.32. The van der Waals surface area contributed by atoms with Crippen molar-refractivity contribution in [2.24, 2.45) is 4.99 Å². The molecule has 0 saturated heterocycles. The lowest BCUT2D eigenvalue weighted by molar-refractivity contribution is -0.113. The van der Waals surface area contributed by atoms with E-state index >= 15 is 0 Å². The first kappa shape index (κ1) is 20.2. The van der Waals surface area contributed by atoms with Gasteiger partial charge in [-0.1, -0.05) is 24.3 Å². The van der Waals surface area contributed by atoms with Crippen molar-refractivity contribution in [2.45, 2.75) is 6.92 Å². The van der Waals surface area contributed by atoms with Gasteiger partial charge in [-0.05, 0) is 67.1 Å². The summed E-state index contributed by atoms with van der Waals surface area (Å²) in [5, 5.41) is 9.66. The van der Waals surface area contributed by atoms with Gasteiger partial charge in [0, 0.05) is 0 Å². The van der Waals surface area contributed by atoms with E-state index in [0.717, 1.165) is 11.3 Å². The fraction of sp³-hybridized carbons (Fsp3) is 0.120. The maximum absolute atomic E-state index is 13.4. The van der Waals surface area contributed by atoms with E-state index in [0.29, 0.717) is 35.1 Å². The Hall–Kier alpha value is -4.06.